The smallest absolute Gasteiger partial charge is 0.361 e. The number of hydrogen-bond donors (Lipinski definition) is 1. The molecule has 0 amide bonds. The molecule has 0 bridgehead atoms. The zero-order chi connectivity index (χ0) is 8.97. The number of carbonyl (C=O) groups excluding carboxylic acids is 1. The van der Waals surface area contributed by atoms with Crippen molar-refractivity contribution in [1.82, 2.24) is 0 Å². The van der Waals surface area contributed by atoms with Crippen molar-refractivity contribution in [3.8, 4) is 0 Å². The van der Waals surface area contributed by atoms with Gasteiger partial charge in [-0.15, -0.1) is 11.3 Å². The molecular weight excluding hydrogens is 178 g/mol. The van der Waals surface area contributed by atoms with Gasteiger partial charge in [-0.25, -0.2) is 4.79 Å². The average Bonchev–Trinajstić information content (AvgIpc) is 2.58. The van der Waals surface area contributed by atoms with Crippen molar-refractivity contribution < 1.29 is 14.7 Å². The fourth-order valence-corrected chi connectivity index (χ4v) is 1.40. The molecule has 0 atom stereocenters. The molecule has 0 radical (unpaired) electrons. The summed E-state index contributed by atoms with van der Waals surface area (Å²) < 4.78 is 4.40. The van der Waals surface area contributed by atoms with Crippen molar-refractivity contribution in [2.24, 2.45) is 5.16 Å². The lowest BCUT2D eigenvalue weighted by molar-refractivity contribution is -0.132. The van der Waals surface area contributed by atoms with Crippen LogP contribution < -0.4 is 0 Å². The Morgan fingerprint density at radius 3 is 2.92 bits per heavy atom. The van der Waals surface area contributed by atoms with E-state index >= 15 is 0 Å². The normalized spacial score (nSPS) is 11.2. The highest BCUT2D eigenvalue weighted by Crippen LogP contribution is 2.10. The van der Waals surface area contributed by atoms with E-state index in [-0.39, 0.29) is 5.71 Å². The number of hydrogen-bond acceptors (Lipinski definition) is 5. The predicted molar refractivity (Wildman–Crippen MR) is 44.7 cm³/mol. The van der Waals surface area contributed by atoms with Crippen molar-refractivity contribution in [3.05, 3.63) is 22.4 Å². The quantitative estimate of drug-likeness (QED) is 0.325. The first-order valence-corrected chi connectivity index (χ1v) is 4.01. The van der Waals surface area contributed by atoms with E-state index in [2.05, 4.69) is 9.89 Å². The fraction of sp³-hybridized carbons (Fsp3) is 0.143. The topological polar surface area (TPSA) is 58.9 Å². The Labute approximate surface area is 73.1 Å². The molecule has 12 heavy (non-hydrogen) atoms. The van der Waals surface area contributed by atoms with E-state index in [0.29, 0.717) is 4.88 Å². The second-order valence-corrected chi connectivity index (χ2v) is 2.87. The summed E-state index contributed by atoms with van der Waals surface area (Å²) in [5.41, 5.74) is -0.0625. The summed E-state index contributed by atoms with van der Waals surface area (Å²) in [5, 5.41) is 13.1. The highest BCUT2D eigenvalue weighted by atomic mass is 32.1. The molecule has 0 saturated carbocycles. The van der Waals surface area contributed by atoms with Crippen LogP contribution >= 0.6 is 11.3 Å². The summed E-state index contributed by atoms with van der Waals surface area (Å²) in [4.78, 5) is 11.5. The Morgan fingerprint density at radius 2 is 2.50 bits per heavy atom. The molecule has 1 heterocycles. The molecule has 0 saturated heterocycles. The van der Waals surface area contributed by atoms with Crippen LogP contribution in [0.1, 0.15) is 4.88 Å². The van der Waals surface area contributed by atoms with E-state index in [1.807, 2.05) is 0 Å². The lowest BCUT2D eigenvalue weighted by atomic mass is 10.3. The number of oxime groups is 1. The minimum Gasteiger partial charge on any atom is -0.464 e. The Morgan fingerprint density at radius 1 is 1.75 bits per heavy atom. The van der Waals surface area contributed by atoms with Gasteiger partial charge in [0.05, 0.1) is 12.0 Å². The molecule has 0 fully saturated rings. The number of thiophene rings is 1. The van der Waals surface area contributed by atoms with Crippen LogP contribution in [0.3, 0.4) is 0 Å². The Hall–Kier alpha value is -1.36. The fourth-order valence-electron chi connectivity index (χ4n) is 0.701. The second-order valence-electron chi connectivity index (χ2n) is 1.92. The molecule has 0 aromatic carbocycles. The predicted octanol–water partition coefficient (Wildman–Crippen LogP) is 1.10. The number of ether oxygens (including phenoxy) is 1. The first kappa shape index (κ1) is 8.73. The number of carbonyl (C=O) groups is 1. The van der Waals surface area contributed by atoms with E-state index in [9.17, 15) is 4.79 Å². The van der Waals surface area contributed by atoms with E-state index in [0.717, 1.165) is 0 Å². The van der Waals surface area contributed by atoms with Gasteiger partial charge >= 0.3 is 5.97 Å². The minimum absolute atomic E-state index is 0.0625. The van der Waals surface area contributed by atoms with Gasteiger partial charge in [-0.05, 0) is 11.4 Å². The molecule has 0 aliphatic carbocycles. The lowest BCUT2D eigenvalue weighted by Crippen LogP contribution is -2.15. The number of nitrogens with zero attached hydrogens (tertiary/aromatic N) is 1. The monoisotopic (exact) mass is 185 g/mol. The molecule has 1 aromatic heterocycles. The highest BCUT2D eigenvalue weighted by Gasteiger charge is 2.15. The zero-order valence-corrected chi connectivity index (χ0v) is 7.17. The van der Waals surface area contributed by atoms with Gasteiger partial charge in [0.15, 0.2) is 0 Å². The van der Waals surface area contributed by atoms with Crippen LogP contribution in [0.15, 0.2) is 22.7 Å². The first-order valence-electron chi connectivity index (χ1n) is 3.14. The minimum atomic E-state index is -0.639. The maximum Gasteiger partial charge on any atom is 0.361 e. The van der Waals surface area contributed by atoms with E-state index in [4.69, 9.17) is 5.21 Å². The van der Waals surface area contributed by atoms with Crippen molar-refractivity contribution >= 4 is 23.0 Å². The molecule has 64 valence electrons. The molecule has 0 aliphatic heterocycles. The van der Waals surface area contributed by atoms with Crippen molar-refractivity contribution in [1.29, 1.82) is 0 Å². The summed E-state index contributed by atoms with van der Waals surface area (Å²) in [6.45, 7) is 0. The van der Waals surface area contributed by atoms with Gasteiger partial charge in [-0.1, -0.05) is 11.2 Å². The third kappa shape index (κ3) is 1.62. The van der Waals surface area contributed by atoms with Gasteiger partial charge in [0.25, 0.3) is 0 Å². The molecule has 1 rings (SSSR count). The third-order valence-electron chi connectivity index (χ3n) is 1.23. The van der Waals surface area contributed by atoms with Crippen LogP contribution in [-0.2, 0) is 9.53 Å². The largest absolute Gasteiger partial charge is 0.464 e. The van der Waals surface area contributed by atoms with Gasteiger partial charge in [0.2, 0.25) is 5.71 Å². The van der Waals surface area contributed by atoms with Gasteiger partial charge in [0.1, 0.15) is 0 Å². The van der Waals surface area contributed by atoms with E-state index in [1.54, 1.807) is 17.5 Å². The first-order chi connectivity index (χ1) is 5.79. The summed E-state index contributed by atoms with van der Waals surface area (Å²) in [7, 11) is 1.24. The van der Waals surface area contributed by atoms with E-state index in [1.165, 1.54) is 18.4 Å². The maximum absolute atomic E-state index is 10.9. The molecule has 0 unspecified atom stereocenters. The van der Waals surface area contributed by atoms with Crippen LogP contribution in [0.4, 0.5) is 0 Å². The highest BCUT2D eigenvalue weighted by molar-refractivity contribution is 7.13. The van der Waals surface area contributed by atoms with Crippen molar-refractivity contribution in [2.75, 3.05) is 7.11 Å². The molecule has 5 heteroatoms. The van der Waals surface area contributed by atoms with E-state index < -0.39 is 5.97 Å². The maximum atomic E-state index is 10.9. The van der Waals surface area contributed by atoms with Gasteiger partial charge in [0, 0.05) is 0 Å². The van der Waals surface area contributed by atoms with Gasteiger partial charge < -0.3 is 9.94 Å². The number of methoxy groups -OCH3 is 1. The Bertz CT molecular complexity index is 292. The van der Waals surface area contributed by atoms with Crippen LogP contribution in [0.5, 0.6) is 0 Å². The standard InChI is InChI=1S/C7H7NO3S/c1-11-7(9)6(8-10)5-3-2-4-12-5/h2-4,10H,1H3/b8-6+. The van der Waals surface area contributed by atoms with Crippen LogP contribution in [0.25, 0.3) is 0 Å². The van der Waals surface area contributed by atoms with Crippen LogP contribution in [-0.4, -0.2) is 24.0 Å². The summed E-state index contributed by atoms with van der Waals surface area (Å²) in [6.07, 6.45) is 0. The SMILES string of the molecule is COC(=O)/C(=N/O)c1cccs1. The zero-order valence-electron chi connectivity index (χ0n) is 6.35. The average molecular weight is 185 g/mol. The van der Waals surface area contributed by atoms with Crippen molar-refractivity contribution in [2.45, 2.75) is 0 Å². The van der Waals surface area contributed by atoms with Crippen LogP contribution in [0, 0.1) is 0 Å². The molecule has 1 N–H and O–H groups in total. The Kier molecular flexibility index (Phi) is 2.82. The molecule has 0 aliphatic rings. The van der Waals surface area contributed by atoms with Crippen LogP contribution in [0.2, 0.25) is 0 Å². The second kappa shape index (κ2) is 3.87. The molecule has 4 nitrogen and oxygen atoms in total. The molecule has 1 aromatic rings. The third-order valence-corrected chi connectivity index (χ3v) is 2.11. The van der Waals surface area contributed by atoms with Gasteiger partial charge in [-0.2, -0.15) is 0 Å². The number of rotatable bonds is 2. The van der Waals surface area contributed by atoms with Gasteiger partial charge in [-0.3, -0.25) is 0 Å². The summed E-state index contributed by atoms with van der Waals surface area (Å²) in [6, 6.07) is 3.44. The number of esters is 1. The Balaban J connectivity index is 2.93. The molecular formula is C7H7NO3S. The van der Waals surface area contributed by atoms with Crippen molar-refractivity contribution in [3.63, 3.8) is 0 Å². The molecule has 0 spiro atoms. The lowest BCUT2D eigenvalue weighted by Gasteiger charge is -1.97. The summed E-state index contributed by atoms with van der Waals surface area (Å²) in [5.74, 6) is -0.639. The summed E-state index contributed by atoms with van der Waals surface area (Å²) >= 11 is 1.31.